The van der Waals surface area contributed by atoms with Crippen molar-refractivity contribution in [3.8, 4) is 0 Å². The summed E-state index contributed by atoms with van der Waals surface area (Å²) in [5, 5.41) is 8.85. The van der Waals surface area contributed by atoms with Crippen LogP contribution >= 0.6 is 12.4 Å². The summed E-state index contributed by atoms with van der Waals surface area (Å²) in [5.74, 6) is 0. The van der Waals surface area contributed by atoms with Gasteiger partial charge in [0.2, 0.25) is 0 Å². The van der Waals surface area contributed by atoms with Gasteiger partial charge in [-0.2, -0.15) is 0 Å². The van der Waals surface area contributed by atoms with Gasteiger partial charge in [-0.1, -0.05) is 0 Å². The van der Waals surface area contributed by atoms with E-state index in [1.165, 1.54) is 0 Å². The highest BCUT2D eigenvalue weighted by atomic mass is 35.5. The monoisotopic (exact) mass is 181 g/mol. The van der Waals surface area contributed by atoms with E-state index in [1.807, 2.05) is 7.05 Å². The number of nitrogens with zero attached hydrogens (tertiary/aromatic N) is 1. The fraction of sp³-hybridized carbons (Fsp3) is 1.00. The van der Waals surface area contributed by atoms with E-state index in [-0.39, 0.29) is 19.0 Å². The Hall–Kier alpha value is 0.170. The van der Waals surface area contributed by atoms with Gasteiger partial charge >= 0.3 is 0 Å². The second-order valence-corrected chi connectivity index (χ2v) is 2.87. The number of likely N-dealkylation sites (N-methyl/N-ethyl adjacent to an activating group) is 1. The van der Waals surface area contributed by atoms with Gasteiger partial charge in [0, 0.05) is 19.7 Å². The first-order valence-electron chi connectivity index (χ1n) is 3.61. The van der Waals surface area contributed by atoms with Gasteiger partial charge in [-0.05, 0) is 13.5 Å². The molecule has 0 radical (unpaired) electrons. The molecule has 0 spiro atoms. The molecule has 0 amide bonds. The van der Waals surface area contributed by atoms with E-state index in [4.69, 9.17) is 9.84 Å². The maximum absolute atomic E-state index is 8.85. The fourth-order valence-corrected chi connectivity index (χ4v) is 1.41. The van der Waals surface area contributed by atoms with Crippen LogP contribution in [0.4, 0.5) is 0 Å². The highest BCUT2D eigenvalue weighted by Crippen LogP contribution is 2.16. The zero-order chi connectivity index (χ0) is 7.56. The fourth-order valence-electron chi connectivity index (χ4n) is 1.41. The van der Waals surface area contributed by atoms with Crippen LogP contribution in [-0.2, 0) is 4.74 Å². The molecule has 1 N–H and O–H groups in total. The molecular weight excluding hydrogens is 166 g/mol. The van der Waals surface area contributed by atoms with Crippen molar-refractivity contribution in [3.63, 3.8) is 0 Å². The van der Waals surface area contributed by atoms with Crippen LogP contribution in [0.15, 0.2) is 0 Å². The van der Waals surface area contributed by atoms with Crippen molar-refractivity contribution in [3.05, 3.63) is 0 Å². The first kappa shape index (κ1) is 11.2. The first-order chi connectivity index (χ1) is 4.77. The molecule has 0 aromatic rings. The summed E-state index contributed by atoms with van der Waals surface area (Å²) in [6.07, 6.45) is 1.28. The number of ether oxygens (including phenoxy) is 1. The highest BCUT2D eigenvalue weighted by molar-refractivity contribution is 5.85. The number of aliphatic hydroxyl groups excluding tert-OH is 1. The van der Waals surface area contributed by atoms with Crippen molar-refractivity contribution in [1.29, 1.82) is 0 Å². The molecule has 0 bridgehead atoms. The lowest BCUT2D eigenvalue weighted by Gasteiger charge is -2.14. The molecule has 0 aromatic carbocycles. The standard InChI is InChI=1S/C7H15NO2.ClH/c1-8-4-7(10-2)3-6(8)5-9;/h6-7,9H,3-5H2,1-2H3;1H/t6-,7-;/m0./s1. The maximum Gasteiger partial charge on any atom is 0.0714 e. The van der Waals surface area contributed by atoms with Crippen molar-refractivity contribution in [1.82, 2.24) is 4.90 Å². The van der Waals surface area contributed by atoms with E-state index in [2.05, 4.69) is 4.90 Å². The SMILES string of the molecule is CO[C@H]1C[C@@H](CO)N(C)C1.Cl. The quantitative estimate of drug-likeness (QED) is 0.657. The van der Waals surface area contributed by atoms with Gasteiger partial charge in [0.1, 0.15) is 0 Å². The van der Waals surface area contributed by atoms with Gasteiger partial charge in [0.15, 0.2) is 0 Å². The predicted molar refractivity (Wildman–Crippen MR) is 46.2 cm³/mol. The second-order valence-electron chi connectivity index (χ2n) is 2.87. The van der Waals surface area contributed by atoms with E-state index in [0.717, 1.165) is 13.0 Å². The minimum atomic E-state index is 0. The molecular formula is C7H16ClNO2. The molecule has 4 heteroatoms. The molecule has 1 rings (SSSR count). The lowest BCUT2D eigenvalue weighted by atomic mass is 10.2. The molecule has 1 heterocycles. The lowest BCUT2D eigenvalue weighted by molar-refractivity contribution is 0.111. The number of halogens is 1. The van der Waals surface area contributed by atoms with Gasteiger partial charge in [-0.3, -0.25) is 4.90 Å². The first-order valence-corrected chi connectivity index (χ1v) is 3.61. The molecule has 1 aliphatic heterocycles. The summed E-state index contributed by atoms with van der Waals surface area (Å²) in [4.78, 5) is 2.13. The molecule has 1 fully saturated rings. The second kappa shape index (κ2) is 4.93. The molecule has 0 unspecified atom stereocenters. The third kappa shape index (κ3) is 2.60. The molecule has 0 saturated carbocycles. The average molecular weight is 182 g/mol. The minimum absolute atomic E-state index is 0. The number of methoxy groups -OCH3 is 1. The summed E-state index contributed by atoms with van der Waals surface area (Å²) in [5.41, 5.74) is 0. The summed E-state index contributed by atoms with van der Waals surface area (Å²) < 4.78 is 5.16. The molecule has 68 valence electrons. The van der Waals surface area contributed by atoms with E-state index in [0.29, 0.717) is 12.1 Å². The van der Waals surface area contributed by atoms with E-state index in [1.54, 1.807) is 7.11 Å². The summed E-state index contributed by atoms with van der Waals surface area (Å²) >= 11 is 0. The Labute approximate surface area is 73.7 Å². The van der Waals surface area contributed by atoms with Gasteiger partial charge in [0.25, 0.3) is 0 Å². The van der Waals surface area contributed by atoms with Gasteiger partial charge in [0.05, 0.1) is 12.7 Å². The summed E-state index contributed by atoms with van der Waals surface area (Å²) in [6, 6.07) is 0.310. The molecule has 1 saturated heterocycles. The Bertz CT molecular complexity index is 113. The highest BCUT2D eigenvalue weighted by Gasteiger charge is 2.28. The molecule has 3 nitrogen and oxygen atoms in total. The van der Waals surface area contributed by atoms with E-state index in [9.17, 15) is 0 Å². The lowest BCUT2D eigenvalue weighted by Crippen LogP contribution is -2.28. The van der Waals surface area contributed by atoms with Crippen LogP contribution < -0.4 is 0 Å². The number of aliphatic hydroxyl groups is 1. The van der Waals surface area contributed by atoms with Gasteiger partial charge in [-0.15, -0.1) is 12.4 Å². The number of hydrogen-bond acceptors (Lipinski definition) is 3. The maximum atomic E-state index is 8.85. The zero-order valence-corrected chi connectivity index (χ0v) is 7.80. The van der Waals surface area contributed by atoms with Crippen molar-refractivity contribution >= 4 is 12.4 Å². The molecule has 0 aromatic heterocycles. The van der Waals surface area contributed by atoms with Crippen LogP contribution in [0.3, 0.4) is 0 Å². The Kier molecular flexibility index (Phi) is 5.01. The summed E-state index contributed by atoms with van der Waals surface area (Å²) in [7, 11) is 3.73. The third-order valence-corrected chi connectivity index (χ3v) is 2.19. The van der Waals surface area contributed by atoms with Gasteiger partial charge in [-0.25, -0.2) is 0 Å². The molecule has 1 aliphatic rings. The van der Waals surface area contributed by atoms with Crippen LogP contribution in [0.5, 0.6) is 0 Å². The van der Waals surface area contributed by atoms with Crippen LogP contribution in [0.2, 0.25) is 0 Å². The molecule has 0 aliphatic carbocycles. The summed E-state index contributed by atoms with van der Waals surface area (Å²) in [6.45, 7) is 1.19. The molecule has 11 heavy (non-hydrogen) atoms. The van der Waals surface area contributed by atoms with E-state index < -0.39 is 0 Å². The average Bonchev–Trinajstić information content (AvgIpc) is 2.30. The number of likely N-dealkylation sites (tertiary alicyclic amines) is 1. The van der Waals surface area contributed by atoms with Crippen molar-refractivity contribution in [2.45, 2.75) is 18.6 Å². The Morgan fingerprint density at radius 3 is 2.55 bits per heavy atom. The Morgan fingerprint density at radius 2 is 2.27 bits per heavy atom. The van der Waals surface area contributed by atoms with Gasteiger partial charge < -0.3 is 9.84 Å². The number of hydrogen-bond donors (Lipinski definition) is 1. The topological polar surface area (TPSA) is 32.7 Å². The van der Waals surface area contributed by atoms with Crippen LogP contribution in [0.1, 0.15) is 6.42 Å². The van der Waals surface area contributed by atoms with Crippen LogP contribution in [0, 0.1) is 0 Å². The Morgan fingerprint density at radius 1 is 1.64 bits per heavy atom. The predicted octanol–water partition coefficient (Wildman–Crippen LogP) is 0.120. The number of rotatable bonds is 2. The van der Waals surface area contributed by atoms with Crippen molar-refractivity contribution < 1.29 is 9.84 Å². The van der Waals surface area contributed by atoms with E-state index >= 15 is 0 Å². The zero-order valence-electron chi connectivity index (χ0n) is 6.99. The molecule has 2 atom stereocenters. The minimum Gasteiger partial charge on any atom is -0.395 e. The van der Waals surface area contributed by atoms with Crippen LogP contribution in [-0.4, -0.2) is 49.5 Å². The van der Waals surface area contributed by atoms with Crippen molar-refractivity contribution in [2.24, 2.45) is 0 Å². The normalized spacial score (nSPS) is 31.9. The van der Waals surface area contributed by atoms with Crippen LogP contribution in [0.25, 0.3) is 0 Å². The smallest absolute Gasteiger partial charge is 0.0714 e. The van der Waals surface area contributed by atoms with Crippen molar-refractivity contribution in [2.75, 3.05) is 27.3 Å². The largest absolute Gasteiger partial charge is 0.395 e. The third-order valence-electron chi connectivity index (χ3n) is 2.19. The Balaban J connectivity index is 0.000001000.